The van der Waals surface area contributed by atoms with E-state index in [1.54, 1.807) is 23.6 Å². The number of amides is 1. The molecule has 2 aliphatic heterocycles. The normalized spacial score (nSPS) is 17.5. The maximum absolute atomic E-state index is 14.0. The van der Waals surface area contributed by atoms with Crippen LogP contribution in [0.4, 0.5) is 5.69 Å². The Morgan fingerprint density at radius 3 is 2.27 bits per heavy atom. The summed E-state index contributed by atoms with van der Waals surface area (Å²) in [6, 6.07) is 14.4. The highest BCUT2D eigenvalue weighted by atomic mass is 32.1. The van der Waals surface area contributed by atoms with Gasteiger partial charge in [-0.1, -0.05) is 35.6 Å². The number of anilines is 1. The lowest BCUT2D eigenvalue weighted by atomic mass is 9.95. The number of esters is 1. The summed E-state index contributed by atoms with van der Waals surface area (Å²) in [5.41, 5.74) is 2.49. The number of likely N-dealkylation sites (N-methyl/N-ethyl adjacent to an activating group) is 1. The molecule has 1 unspecified atom stereocenters. The van der Waals surface area contributed by atoms with Crippen molar-refractivity contribution in [3.8, 4) is 5.75 Å². The molecule has 238 valence electrons. The molecule has 0 saturated carbocycles. The van der Waals surface area contributed by atoms with E-state index in [1.807, 2.05) is 94.2 Å². The molecule has 3 aromatic rings. The van der Waals surface area contributed by atoms with Crippen molar-refractivity contribution in [2.24, 2.45) is 4.99 Å². The maximum Gasteiger partial charge on any atom is 0.338 e. The van der Waals surface area contributed by atoms with Gasteiger partial charge in [-0.3, -0.25) is 14.2 Å². The molecule has 1 fully saturated rings. The summed E-state index contributed by atoms with van der Waals surface area (Å²) in [6.45, 7) is 10.3. The van der Waals surface area contributed by atoms with Gasteiger partial charge in [-0.15, -0.1) is 0 Å². The fourth-order valence-corrected chi connectivity index (χ4v) is 6.34. The first-order valence-corrected chi connectivity index (χ1v) is 15.8. The fraction of sp³-hybridized carbons (Fsp3) is 0.412. The Morgan fingerprint density at radius 1 is 1.02 bits per heavy atom. The van der Waals surface area contributed by atoms with Gasteiger partial charge in [0.15, 0.2) is 11.4 Å². The molecule has 5 rings (SSSR count). The molecule has 2 aromatic carbocycles. The van der Waals surface area contributed by atoms with Crippen molar-refractivity contribution in [1.29, 1.82) is 0 Å². The minimum Gasteiger partial charge on any atom is -0.484 e. The number of aromatic nitrogens is 1. The number of carbonyl (C=O) groups is 2. The van der Waals surface area contributed by atoms with Crippen LogP contribution in [0.2, 0.25) is 0 Å². The van der Waals surface area contributed by atoms with Crippen molar-refractivity contribution < 1.29 is 19.1 Å². The average Bonchev–Trinajstić information content (AvgIpc) is 3.29. The Kier molecular flexibility index (Phi) is 9.31. The Balaban J connectivity index is 1.44. The first kappa shape index (κ1) is 32.2. The van der Waals surface area contributed by atoms with Crippen LogP contribution in [0.1, 0.15) is 44.9 Å². The molecular weight excluding hydrogens is 590 g/mol. The first-order valence-electron chi connectivity index (χ1n) is 15.0. The fourth-order valence-electron chi connectivity index (χ4n) is 5.29. The van der Waals surface area contributed by atoms with E-state index in [4.69, 9.17) is 14.5 Å². The van der Waals surface area contributed by atoms with Gasteiger partial charge in [0.2, 0.25) is 0 Å². The second kappa shape index (κ2) is 13.0. The topological polar surface area (TPSA) is 96.7 Å². The van der Waals surface area contributed by atoms with Crippen molar-refractivity contribution in [2.75, 3.05) is 58.8 Å². The molecule has 0 N–H and O–H groups in total. The van der Waals surface area contributed by atoms with Crippen LogP contribution >= 0.6 is 11.3 Å². The Labute approximate surface area is 267 Å². The van der Waals surface area contributed by atoms with Crippen LogP contribution in [-0.4, -0.2) is 85.8 Å². The van der Waals surface area contributed by atoms with Crippen LogP contribution in [0.15, 0.2) is 69.6 Å². The van der Waals surface area contributed by atoms with Crippen LogP contribution in [0.5, 0.6) is 5.75 Å². The summed E-state index contributed by atoms with van der Waals surface area (Å²) >= 11 is 1.28. The summed E-state index contributed by atoms with van der Waals surface area (Å²) in [5.74, 6) is 0.0523. The zero-order valence-electron chi connectivity index (χ0n) is 27.0. The number of nitrogens with zero attached hydrogens (tertiary/aromatic N) is 5. The third-order valence-corrected chi connectivity index (χ3v) is 8.74. The van der Waals surface area contributed by atoms with Crippen molar-refractivity contribution in [2.45, 2.75) is 39.3 Å². The van der Waals surface area contributed by atoms with Crippen LogP contribution in [0.25, 0.3) is 6.08 Å². The molecule has 0 spiro atoms. The van der Waals surface area contributed by atoms with Gasteiger partial charge in [-0.05, 0) is 76.2 Å². The van der Waals surface area contributed by atoms with Crippen LogP contribution in [-0.2, 0) is 14.3 Å². The van der Waals surface area contributed by atoms with E-state index in [1.165, 1.54) is 11.3 Å². The summed E-state index contributed by atoms with van der Waals surface area (Å²) in [6.07, 6.45) is 1.81. The molecule has 1 saturated heterocycles. The average molecular weight is 632 g/mol. The largest absolute Gasteiger partial charge is 0.484 e. The van der Waals surface area contributed by atoms with Crippen molar-refractivity contribution >= 4 is 35.0 Å². The molecule has 1 amide bonds. The third kappa shape index (κ3) is 7.37. The minimum atomic E-state index is -0.712. The number of rotatable bonds is 7. The van der Waals surface area contributed by atoms with Gasteiger partial charge in [-0.2, -0.15) is 0 Å². The molecular formula is C34H41N5O5S. The smallest absolute Gasteiger partial charge is 0.338 e. The Hall–Kier alpha value is -4.22. The second-order valence-electron chi connectivity index (χ2n) is 12.6. The number of fused-ring (bicyclic) bond motifs is 1. The van der Waals surface area contributed by atoms with Gasteiger partial charge in [0.25, 0.3) is 11.5 Å². The number of hydrogen-bond acceptors (Lipinski definition) is 9. The number of benzene rings is 2. The van der Waals surface area contributed by atoms with Gasteiger partial charge in [0.1, 0.15) is 11.4 Å². The van der Waals surface area contributed by atoms with E-state index >= 15 is 0 Å². The standard InChI is InChI=1S/C34H41N5O5S/c1-22-29(32(42)44-34(2,3)4)30(24-10-12-25(13-11-24)36(5)6)39-31(41)27(45-33(39)35-22)20-23-8-14-26(15-9-23)43-21-28(40)38-18-16-37(7)17-19-38/h8-15,20,30H,16-19,21H2,1-7H3/b27-20-. The maximum atomic E-state index is 14.0. The predicted octanol–water partition coefficient (Wildman–Crippen LogP) is 2.80. The molecule has 2 aliphatic rings. The number of ether oxygens (including phenoxy) is 2. The lowest BCUT2D eigenvalue weighted by Gasteiger charge is -2.32. The highest BCUT2D eigenvalue weighted by Gasteiger charge is 2.35. The van der Waals surface area contributed by atoms with Gasteiger partial charge in [-0.25, -0.2) is 9.79 Å². The van der Waals surface area contributed by atoms with Gasteiger partial charge in [0.05, 0.1) is 21.8 Å². The third-order valence-electron chi connectivity index (χ3n) is 7.76. The summed E-state index contributed by atoms with van der Waals surface area (Å²) < 4.78 is 13.6. The second-order valence-corrected chi connectivity index (χ2v) is 13.6. The van der Waals surface area contributed by atoms with E-state index in [9.17, 15) is 14.4 Å². The van der Waals surface area contributed by atoms with Crippen molar-refractivity contribution in [3.05, 3.63) is 90.6 Å². The molecule has 0 aliphatic carbocycles. The zero-order valence-corrected chi connectivity index (χ0v) is 27.8. The van der Waals surface area contributed by atoms with Crippen LogP contribution in [0, 0.1) is 0 Å². The van der Waals surface area contributed by atoms with E-state index in [0.29, 0.717) is 39.4 Å². The van der Waals surface area contributed by atoms with Gasteiger partial charge < -0.3 is 24.2 Å². The number of carbonyl (C=O) groups excluding carboxylic acids is 2. The highest BCUT2D eigenvalue weighted by molar-refractivity contribution is 7.07. The van der Waals surface area contributed by atoms with Crippen molar-refractivity contribution in [1.82, 2.24) is 14.4 Å². The predicted molar refractivity (Wildman–Crippen MR) is 176 cm³/mol. The van der Waals surface area contributed by atoms with Crippen LogP contribution < -0.4 is 24.5 Å². The molecule has 11 heteroatoms. The Bertz CT molecular complexity index is 1770. The summed E-state index contributed by atoms with van der Waals surface area (Å²) in [7, 11) is 5.97. The van der Waals surface area contributed by atoms with Crippen molar-refractivity contribution in [3.63, 3.8) is 0 Å². The van der Waals surface area contributed by atoms with E-state index in [2.05, 4.69) is 4.90 Å². The molecule has 3 heterocycles. The van der Waals surface area contributed by atoms with Gasteiger partial charge in [0, 0.05) is 46.0 Å². The zero-order chi connectivity index (χ0) is 32.5. The van der Waals surface area contributed by atoms with E-state index in [0.717, 1.165) is 29.9 Å². The first-order chi connectivity index (χ1) is 21.3. The summed E-state index contributed by atoms with van der Waals surface area (Å²) in [4.78, 5) is 51.3. The molecule has 0 radical (unpaired) electrons. The monoisotopic (exact) mass is 631 g/mol. The number of hydrogen-bond donors (Lipinski definition) is 0. The number of piperazine rings is 1. The van der Waals surface area contributed by atoms with Crippen LogP contribution in [0.3, 0.4) is 0 Å². The van der Waals surface area contributed by atoms with E-state index < -0.39 is 17.6 Å². The molecule has 10 nitrogen and oxygen atoms in total. The molecule has 45 heavy (non-hydrogen) atoms. The van der Waals surface area contributed by atoms with E-state index in [-0.39, 0.29) is 18.1 Å². The molecule has 1 atom stereocenters. The quantitative estimate of drug-likeness (QED) is 0.370. The molecule has 0 bridgehead atoms. The SMILES string of the molecule is CC1=C(C(=O)OC(C)(C)C)C(c2ccc(N(C)C)cc2)n2c(s/c(=C\c3ccc(OCC(=O)N4CCN(C)CC4)cc3)c2=O)=N1. The van der Waals surface area contributed by atoms with Gasteiger partial charge >= 0.3 is 5.97 Å². The lowest BCUT2D eigenvalue weighted by molar-refractivity contribution is -0.150. The summed E-state index contributed by atoms with van der Waals surface area (Å²) in [5, 5.41) is 0. The number of thiazole rings is 1. The molecule has 1 aromatic heterocycles. The highest BCUT2D eigenvalue weighted by Crippen LogP contribution is 2.32. The number of allylic oxidation sites excluding steroid dienone is 1. The minimum absolute atomic E-state index is 0.0173. The lowest BCUT2D eigenvalue weighted by Crippen LogP contribution is -2.48. The Morgan fingerprint density at radius 2 is 1.67 bits per heavy atom.